The van der Waals surface area contributed by atoms with Gasteiger partial charge < -0.3 is 0 Å². The van der Waals surface area contributed by atoms with E-state index in [9.17, 15) is 0 Å². The average Bonchev–Trinajstić information content (AvgIpc) is 3.28. The van der Waals surface area contributed by atoms with Crippen LogP contribution in [0.3, 0.4) is 0 Å². The first-order chi connectivity index (χ1) is 27.8. The van der Waals surface area contributed by atoms with Crippen LogP contribution in [0.15, 0.2) is 218 Å². The highest BCUT2D eigenvalue weighted by Crippen LogP contribution is 2.48. The second-order valence-electron chi connectivity index (χ2n) is 14.7. The summed E-state index contributed by atoms with van der Waals surface area (Å²) in [6.07, 6.45) is 0. The smallest absolute Gasteiger partial charge is 0.00203 e. The Balaban J connectivity index is 1.15. The fourth-order valence-electron chi connectivity index (χ4n) is 9.20. The largest absolute Gasteiger partial charge is 0.0622 e. The molecule has 0 atom stereocenters. The van der Waals surface area contributed by atoms with Crippen LogP contribution in [0.1, 0.15) is 0 Å². The van der Waals surface area contributed by atoms with Gasteiger partial charge in [-0.2, -0.15) is 0 Å². The molecule has 0 heterocycles. The minimum atomic E-state index is 1.22. The van der Waals surface area contributed by atoms with Crippen LogP contribution in [0.4, 0.5) is 0 Å². The molecule has 0 saturated heterocycles. The fraction of sp³-hybridized carbons (Fsp3) is 0. The molecule has 0 unspecified atom stereocenters. The lowest BCUT2D eigenvalue weighted by atomic mass is 9.82. The number of benzene rings is 11. The van der Waals surface area contributed by atoms with E-state index in [1.165, 1.54) is 109 Å². The summed E-state index contributed by atoms with van der Waals surface area (Å²) in [4.78, 5) is 0. The van der Waals surface area contributed by atoms with Gasteiger partial charge in [0.05, 0.1) is 0 Å². The Morgan fingerprint density at radius 3 is 1.12 bits per heavy atom. The summed E-state index contributed by atoms with van der Waals surface area (Å²) in [5.41, 5.74) is 12.5. The van der Waals surface area contributed by atoms with Crippen molar-refractivity contribution in [2.75, 3.05) is 0 Å². The van der Waals surface area contributed by atoms with E-state index in [-0.39, 0.29) is 0 Å². The molecule has 260 valence electrons. The van der Waals surface area contributed by atoms with E-state index >= 15 is 0 Å². The van der Waals surface area contributed by atoms with Crippen LogP contribution in [0.5, 0.6) is 0 Å². The second kappa shape index (κ2) is 13.2. The molecule has 0 radical (unpaired) electrons. The number of fused-ring (bicyclic) bond motifs is 6. The third-order valence-electron chi connectivity index (χ3n) is 11.6. The Hall–Kier alpha value is -7.28. The molecule has 11 aromatic carbocycles. The summed E-state index contributed by atoms with van der Waals surface area (Å²) in [7, 11) is 0. The van der Waals surface area contributed by atoms with Crippen molar-refractivity contribution in [1.82, 2.24) is 0 Å². The SMILES string of the molecule is c1ccc(-c2c(-c3ccccc3)c3ccc(-c4c5ccccc5c(-c5ccc(-c6cccc7ccccc67)cc5)c5ccccc45)cc3c3ccccc23)cc1. The number of rotatable bonds is 5. The van der Waals surface area contributed by atoms with Crippen molar-refractivity contribution in [3.05, 3.63) is 218 Å². The van der Waals surface area contributed by atoms with Crippen LogP contribution in [-0.2, 0) is 0 Å². The molecule has 0 spiro atoms. The second-order valence-corrected chi connectivity index (χ2v) is 14.7. The zero-order chi connectivity index (χ0) is 37.0. The molecule has 0 aliphatic carbocycles. The molecule has 0 bridgehead atoms. The molecule has 11 aromatic rings. The van der Waals surface area contributed by atoms with Gasteiger partial charge in [0.15, 0.2) is 0 Å². The van der Waals surface area contributed by atoms with Gasteiger partial charge in [0, 0.05) is 0 Å². The Labute approximate surface area is 326 Å². The van der Waals surface area contributed by atoms with Crippen LogP contribution in [0.25, 0.3) is 109 Å². The molecule has 56 heavy (non-hydrogen) atoms. The lowest BCUT2D eigenvalue weighted by molar-refractivity contribution is 1.62. The molecule has 0 nitrogen and oxygen atoms in total. The van der Waals surface area contributed by atoms with Crippen LogP contribution in [0.2, 0.25) is 0 Å². The van der Waals surface area contributed by atoms with E-state index in [1.807, 2.05) is 0 Å². The van der Waals surface area contributed by atoms with Gasteiger partial charge in [-0.05, 0) is 116 Å². The van der Waals surface area contributed by atoms with Gasteiger partial charge in [0.1, 0.15) is 0 Å². The molecular formula is C56H36. The van der Waals surface area contributed by atoms with Crippen LogP contribution >= 0.6 is 0 Å². The molecule has 11 rings (SSSR count). The van der Waals surface area contributed by atoms with Gasteiger partial charge in [-0.25, -0.2) is 0 Å². The van der Waals surface area contributed by atoms with Crippen molar-refractivity contribution in [3.8, 4) is 55.6 Å². The Bertz CT molecular complexity index is 3200. The summed E-state index contributed by atoms with van der Waals surface area (Å²) < 4.78 is 0. The van der Waals surface area contributed by atoms with Crippen LogP contribution < -0.4 is 0 Å². The highest BCUT2D eigenvalue weighted by Gasteiger charge is 2.21. The molecule has 0 N–H and O–H groups in total. The predicted molar refractivity (Wildman–Crippen MR) is 241 cm³/mol. The van der Waals surface area contributed by atoms with E-state index in [0.29, 0.717) is 0 Å². The average molecular weight is 709 g/mol. The molecular weight excluding hydrogens is 673 g/mol. The van der Waals surface area contributed by atoms with Gasteiger partial charge in [-0.3, -0.25) is 0 Å². The van der Waals surface area contributed by atoms with Gasteiger partial charge in [0.25, 0.3) is 0 Å². The molecule has 0 fully saturated rings. The number of hydrogen-bond acceptors (Lipinski definition) is 0. The minimum Gasteiger partial charge on any atom is -0.0622 e. The predicted octanol–water partition coefficient (Wildman–Crippen LogP) is 15.8. The summed E-state index contributed by atoms with van der Waals surface area (Å²) >= 11 is 0. The van der Waals surface area contributed by atoms with Crippen molar-refractivity contribution >= 4 is 53.9 Å². The van der Waals surface area contributed by atoms with E-state index in [4.69, 9.17) is 0 Å². The molecule has 0 aliphatic heterocycles. The standard InChI is InChI=1S/C56H36/c1-3-17-39(18-4-1)55-46-24-10-9-23-45(46)52-36-42(34-35-51(52)56(55)40-19-5-2-6-20-40)54-49-27-13-11-25-47(49)53(48-26-12-14-28-50(48)54)41-32-30-38(31-33-41)44-29-15-21-37-16-7-8-22-43(37)44/h1-36H. The highest BCUT2D eigenvalue weighted by atomic mass is 14.2. The molecule has 0 aliphatic rings. The first kappa shape index (κ1) is 32.2. The molecule has 0 saturated carbocycles. The molecule has 0 amide bonds. The summed E-state index contributed by atoms with van der Waals surface area (Å²) in [5, 5.41) is 12.6. The van der Waals surface area contributed by atoms with Crippen LogP contribution in [0, 0.1) is 0 Å². The highest BCUT2D eigenvalue weighted by molar-refractivity contribution is 6.25. The van der Waals surface area contributed by atoms with Gasteiger partial charge >= 0.3 is 0 Å². The van der Waals surface area contributed by atoms with Crippen molar-refractivity contribution in [1.29, 1.82) is 0 Å². The van der Waals surface area contributed by atoms with Crippen molar-refractivity contribution in [2.24, 2.45) is 0 Å². The Morgan fingerprint density at radius 2 is 0.554 bits per heavy atom. The summed E-state index contributed by atoms with van der Waals surface area (Å²) in [6.45, 7) is 0. The van der Waals surface area contributed by atoms with Crippen molar-refractivity contribution in [3.63, 3.8) is 0 Å². The zero-order valence-electron chi connectivity index (χ0n) is 30.8. The first-order valence-corrected chi connectivity index (χ1v) is 19.4. The van der Waals surface area contributed by atoms with E-state index < -0.39 is 0 Å². The Kier molecular flexibility index (Phi) is 7.60. The van der Waals surface area contributed by atoms with Crippen LogP contribution in [-0.4, -0.2) is 0 Å². The molecule has 0 heteroatoms. The maximum absolute atomic E-state index is 2.45. The van der Waals surface area contributed by atoms with Gasteiger partial charge in [-0.15, -0.1) is 0 Å². The monoisotopic (exact) mass is 708 g/mol. The van der Waals surface area contributed by atoms with E-state index in [0.717, 1.165) is 0 Å². The first-order valence-electron chi connectivity index (χ1n) is 19.4. The maximum Gasteiger partial charge on any atom is -0.00203 e. The summed E-state index contributed by atoms with van der Waals surface area (Å²) in [5.74, 6) is 0. The van der Waals surface area contributed by atoms with E-state index in [2.05, 4.69) is 218 Å². The molecule has 0 aromatic heterocycles. The quantitative estimate of drug-likeness (QED) is 0.123. The van der Waals surface area contributed by atoms with Crippen molar-refractivity contribution < 1.29 is 0 Å². The normalized spacial score (nSPS) is 11.6. The minimum absolute atomic E-state index is 1.22. The zero-order valence-corrected chi connectivity index (χ0v) is 30.8. The summed E-state index contributed by atoms with van der Waals surface area (Å²) in [6, 6.07) is 80.2. The lowest BCUT2D eigenvalue weighted by Gasteiger charge is -2.21. The number of hydrogen-bond donors (Lipinski definition) is 0. The Morgan fingerprint density at radius 1 is 0.179 bits per heavy atom. The lowest BCUT2D eigenvalue weighted by Crippen LogP contribution is -1.93. The maximum atomic E-state index is 2.45. The topological polar surface area (TPSA) is 0 Å². The van der Waals surface area contributed by atoms with Crippen molar-refractivity contribution in [2.45, 2.75) is 0 Å². The fourth-order valence-corrected chi connectivity index (χ4v) is 9.20. The van der Waals surface area contributed by atoms with Gasteiger partial charge in [-0.1, -0.05) is 212 Å². The third-order valence-corrected chi connectivity index (χ3v) is 11.6. The third kappa shape index (κ3) is 5.15. The van der Waals surface area contributed by atoms with E-state index in [1.54, 1.807) is 0 Å². The van der Waals surface area contributed by atoms with Gasteiger partial charge in [0.2, 0.25) is 0 Å².